The van der Waals surface area contributed by atoms with Crippen molar-refractivity contribution >= 4 is 11.8 Å². The fourth-order valence-corrected chi connectivity index (χ4v) is 2.33. The van der Waals surface area contributed by atoms with Gasteiger partial charge in [-0.15, -0.1) is 0 Å². The maximum absolute atomic E-state index is 11.7. The fourth-order valence-electron chi connectivity index (χ4n) is 2.33. The molecule has 2 rings (SSSR count). The third kappa shape index (κ3) is 3.86. The molecule has 1 aliphatic carbocycles. The van der Waals surface area contributed by atoms with E-state index >= 15 is 0 Å². The number of benzene rings is 1. The predicted octanol–water partition coefficient (Wildman–Crippen LogP) is 1.44. The molecule has 0 unspecified atom stereocenters. The van der Waals surface area contributed by atoms with Crippen molar-refractivity contribution in [2.45, 2.75) is 25.7 Å². The summed E-state index contributed by atoms with van der Waals surface area (Å²) in [7, 11) is 0. The highest BCUT2D eigenvalue weighted by Gasteiger charge is 2.21. The van der Waals surface area contributed by atoms with Crippen LogP contribution in [0.3, 0.4) is 0 Å². The molecule has 4 heteroatoms. The van der Waals surface area contributed by atoms with E-state index in [-0.39, 0.29) is 11.8 Å². The summed E-state index contributed by atoms with van der Waals surface area (Å²) in [6.45, 7) is 0.354. The first-order valence-electron chi connectivity index (χ1n) is 6.83. The van der Waals surface area contributed by atoms with Crippen molar-refractivity contribution in [1.29, 1.82) is 0 Å². The van der Waals surface area contributed by atoms with E-state index in [0.29, 0.717) is 12.1 Å². The van der Waals surface area contributed by atoms with Crippen LogP contribution in [0, 0.1) is 17.8 Å². The molecule has 0 saturated heterocycles. The Morgan fingerprint density at radius 3 is 2.45 bits per heavy atom. The van der Waals surface area contributed by atoms with Gasteiger partial charge in [-0.1, -0.05) is 24.7 Å². The van der Waals surface area contributed by atoms with Crippen LogP contribution in [0.25, 0.3) is 0 Å². The fraction of sp³-hybridized carbons (Fsp3) is 0.375. The van der Waals surface area contributed by atoms with E-state index in [9.17, 15) is 9.59 Å². The number of nitrogens with two attached hydrogens (primary N) is 1. The van der Waals surface area contributed by atoms with Crippen LogP contribution in [0.2, 0.25) is 0 Å². The molecule has 0 atom stereocenters. The molecule has 1 fully saturated rings. The lowest BCUT2D eigenvalue weighted by atomic mass is 10.1. The summed E-state index contributed by atoms with van der Waals surface area (Å²) in [4.78, 5) is 22.7. The number of hydrogen-bond acceptors (Lipinski definition) is 2. The summed E-state index contributed by atoms with van der Waals surface area (Å²) < 4.78 is 0. The maximum atomic E-state index is 11.7. The minimum atomic E-state index is -0.451. The van der Waals surface area contributed by atoms with Crippen molar-refractivity contribution < 1.29 is 9.59 Å². The highest BCUT2D eigenvalue weighted by Crippen LogP contribution is 2.24. The molecule has 4 nitrogen and oxygen atoms in total. The molecular formula is C16H18N2O2. The number of carbonyl (C=O) groups excluding carboxylic acids is 2. The number of primary amides is 1. The molecule has 104 valence electrons. The molecule has 1 saturated carbocycles. The van der Waals surface area contributed by atoms with Gasteiger partial charge in [0.15, 0.2) is 0 Å². The van der Waals surface area contributed by atoms with Gasteiger partial charge < -0.3 is 11.1 Å². The van der Waals surface area contributed by atoms with Crippen LogP contribution >= 0.6 is 0 Å². The van der Waals surface area contributed by atoms with Crippen LogP contribution in [0.4, 0.5) is 0 Å². The van der Waals surface area contributed by atoms with E-state index in [1.165, 1.54) is 0 Å². The highest BCUT2D eigenvalue weighted by molar-refractivity contribution is 5.92. The van der Waals surface area contributed by atoms with Gasteiger partial charge in [-0.2, -0.15) is 0 Å². The largest absolute Gasteiger partial charge is 0.366 e. The predicted molar refractivity (Wildman–Crippen MR) is 76.8 cm³/mol. The third-order valence-corrected chi connectivity index (χ3v) is 3.48. The zero-order valence-electron chi connectivity index (χ0n) is 11.3. The van der Waals surface area contributed by atoms with Gasteiger partial charge in [-0.25, -0.2) is 0 Å². The molecule has 1 aliphatic rings. The molecule has 0 bridgehead atoms. The normalized spacial score (nSPS) is 14.4. The zero-order chi connectivity index (χ0) is 14.4. The number of amides is 2. The summed E-state index contributed by atoms with van der Waals surface area (Å²) in [5.74, 6) is 5.68. The summed E-state index contributed by atoms with van der Waals surface area (Å²) >= 11 is 0. The average molecular weight is 270 g/mol. The quantitative estimate of drug-likeness (QED) is 0.816. The standard InChI is InChI=1S/C16H18N2O2/c17-15(19)13-9-7-12(8-10-13)4-3-11-18-16(20)14-5-1-2-6-14/h7-10,14H,1-2,5-6,11H2,(H2,17,19)(H,18,20). The van der Waals surface area contributed by atoms with Crippen LogP contribution in [0.1, 0.15) is 41.6 Å². The van der Waals surface area contributed by atoms with Crippen molar-refractivity contribution in [3.05, 3.63) is 35.4 Å². The summed E-state index contributed by atoms with van der Waals surface area (Å²) in [5.41, 5.74) is 6.42. The monoisotopic (exact) mass is 270 g/mol. The van der Waals surface area contributed by atoms with Crippen molar-refractivity contribution in [3.8, 4) is 11.8 Å². The molecule has 1 aromatic carbocycles. The van der Waals surface area contributed by atoms with Crippen LogP contribution in [0.5, 0.6) is 0 Å². The Bertz CT molecular complexity index is 546. The minimum absolute atomic E-state index is 0.112. The second kappa shape index (κ2) is 6.76. The third-order valence-electron chi connectivity index (χ3n) is 3.48. The SMILES string of the molecule is NC(=O)c1ccc(C#CCNC(=O)C2CCCC2)cc1. The van der Waals surface area contributed by atoms with Gasteiger partial charge in [0.2, 0.25) is 11.8 Å². The number of rotatable bonds is 3. The van der Waals surface area contributed by atoms with E-state index in [1.54, 1.807) is 24.3 Å². The Hall–Kier alpha value is -2.28. The molecule has 20 heavy (non-hydrogen) atoms. The number of carbonyl (C=O) groups is 2. The van der Waals surface area contributed by atoms with E-state index < -0.39 is 5.91 Å². The van der Waals surface area contributed by atoms with Gasteiger partial charge in [-0.3, -0.25) is 9.59 Å². The van der Waals surface area contributed by atoms with Gasteiger partial charge >= 0.3 is 0 Å². The van der Waals surface area contributed by atoms with Crippen LogP contribution in [-0.4, -0.2) is 18.4 Å². The summed E-state index contributed by atoms with van der Waals surface area (Å²) in [6, 6.07) is 6.77. The first-order chi connectivity index (χ1) is 9.66. The Kier molecular flexibility index (Phi) is 4.78. The summed E-state index contributed by atoms with van der Waals surface area (Å²) in [6.07, 6.45) is 4.29. The van der Waals surface area contributed by atoms with Crippen molar-refractivity contribution in [3.63, 3.8) is 0 Å². The van der Waals surface area contributed by atoms with Gasteiger partial charge in [0.1, 0.15) is 0 Å². The first kappa shape index (κ1) is 14.1. The Morgan fingerprint density at radius 1 is 1.20 bits per heavy atom. The van der Waals surface area contributed by atoms with E-state index in [2.05, 4.69) is 17.2 Å². The molecule has 1 aromatic rings. The summed E-state index contributed by atoms with van der Waals surface area (Å²) in [5, 5.41) is 2.84. The maximum Gasteiger partial charge on any atom is 0.248 e. The first-order valence-corrected chi connectivity index (χ1v) is 6.83. The Morgan fingerprint density at radius 2 is 1.85 bits per heavy atom. The van der Waals surface area contributed by atoms with E-state index in [4.69, 9.17) is 5.73 Å². The lowest BCUT2D eigenvalue weighted by Crippen LogP contribution is -2.29. The average Bonchev–Trinajstić information content (AvgIpc) is 2.98. The van der Waals surface area contributed by atoms with Gasteiger partial charge in [0, 0.05) is 17.0 Å². The second-order valence-corrected chi connectivity index (χ2v) is 4.94. The number of hydrogen-bond donors (Lipinski definition) is 2. The second-order valence-electron chi connectivity index (χ2n) is 4.94. The molecule has 0 aromatic heterocycles. The van der Waals surface area contributed by atoms with Crippen LogP contribution in [-0.2, 0) is 4.79 Å². The van der Waals surface area contributed by atoms with Gasteiger partial charge in [0.05, 0.1) is 6.54 Å². The minimum Gasteiger partial charge on any atom is -0.366 e. The smallest absolute Gasteiger partial charge is 0.248 e. The molecule has 3 N–H and O–H groups in total. The Labute approximate surface area is 118 Å². The highest BCUT2D eigenvalue weighted by atomic mass is 16.2. The molecule has 0 radical (unpaired) electrons. The lowest BCUT2D eigenvalue weighted by molar-refractivity contribution is -0.124. The van der Waals surface area contributed by atoms with Crippen LogP contribution in [0.15, 0.2) is 24.3 Å². The van der Waals surface area contributed by atoms with Crippen molar-refractivity contribution in [2.75, 3.05) is 6.54 Å². The molecule has 0 heterocycles. The van der Waals surface area contributed by atoms with E-state index in [1.807, 2.05) is 0 Å². The topological polar surface area (TPSA) is 72.2 Å². The molecular weight excluding hydrogens is 252 g/mol. The van der Waals surface area contributed by atoms with Crippen molar-refractivity contribution in [2.24, 2.45) is 11.7 Å². The van der Waals surface area contributed by atoms with Gasteiger partial charge in [0.25, 0.3) is 0 Å². The van der Waals surface area contributed by atoms with E-state index in [0.717, 1.165) is 31.2 Å². The van der Waals surface area contributed by atoms with Crippen LogP contribution < -0.4 is 11.1 Å². The zero-order valence-corrected chi connectivity index (χ0v) is 11.3. The lowest BCUT2D eigenvalue weighted by Gasteiger charge is -2.07. The van der Waals surface area contributed by atoms with Crippen molar-refractivity contribution in [1.82, 2.24) is 5.32 Å². The Balaban J connectivity index is 1.82. The molecule has 0 spiro atoms. The van der Waals surface area contributed by atoms with Gasteiger partial charge in [-0.05, 0) is 37.1 Å². The number of nitrogens with one attached hydrogen (secondary N) is 1. The molecule has 2 amide bonds. The molecule has 0 aliphatic heterocycles.